The van der Waals surface area contributed by atoms with Crippen LogP contribution in [-0.2, 0) is 9.59 Å². The quantitative estimate of drug-likeness (QED) is 0.486. The molecule has 1 saturated carbocycles. The van der Waals surface area contributed by atoms with E-state index in [1.165, 1.54) is 17.4 Å². The van der Waals surface area contributed by atoms with Crippen molar-refractivity contribution >= 4 is 22.7 Å². The van der Waals surface area contributed by atoms with E-state index in [1.807, 2.05) is 30.9 Å². The topological polar surface area (TPSA) is 92.2 Å². The maximum absolute atomic E-state index is 14.1. The molecule has 8 nitrogen and oxygen atoms in total. The molecule has 3 atom stereocenters. The third kappa shape index (κ3) is 5.19. The van der Waals surface area contributed by atoms with Crippen molar-refractivity contribution in [3.8, 4) is 5.82 Å². The number of benzene rings is 1. The third-order valence-electron chi connectivity index (χ3n) is 8.39. The van der Waals surface area contributed by atoms with Crippen LogP contribution in [0.4, 0.5) is 0 Å². The molecule has 1 saturated heterocycles. The molecule has 2 amide bonds. The SMILES string of the molecule is CNC(C)C(=O)N[C@H](C(=O)N1CCCC1c1cc(-n2cc(C)c3ccccc32)nc(C)n1)C1CCCCC1. The molecule has 3 heterocycles. The number of carbonyl (C=O) groups excluding carboxylic acids is 2. The average Bonchev–Trinajstić information content (AvgIpc) is 3.56. The number of carbonyl (C=O) groups is 2. The van der Waals surface area contributed by atoms with Crippen molar-refractivity contribution in [1.82, 2.24) is 30.1 Å². The van der Waals surface area contributed by atoms with Crippen LogP contribution in [0.25, 0.3) is 16.7 Å². The molecule has 0 spiro atoms. The zero-order chi connectivity index (χ0) is 26.8. The van der Waals surface area contributed by atoms with Gasteiger partial charge >= 0.3 is 0 Å². The second-order valence-electron chi connectivity index (χ2n) is 11.0. The van der Waals surface area contributed by atoms with Crippen LogP contribution in [0.5, 0.6) is 0 Å². The van der Waals surface area contributed by atoms with E-state index in [0.29, 0.717) is 12.4 Å². The third-order valence-corrected chi connectivity index (χ3v) is 8.39. The first kappa shape index (κ1) is 26.4. The maximum Gasteiger partial charge on any atom is 0.246 e. The van der Waals surface area contributed by atoms with Crippen LogP contribution in [0, 0.1) is 19.8 Å². The number of hydrogen-bond acceptors (Lipinski definition) is 5. The van der Waals surface area contributed by atoms with Crippen molar-refractivity contribution in [3.05, 3.63) is 53.6 Å². The molecule has 8 heteroatoms. The van der Waals surface area contributed by atoms with Crippen LogP contribution in [0.15, 0.2) is 36.5 Å². The highest BCUT2D eigenvalue weighted by Gasteiger charge is 2.39. The standard InChI is InChI=1S/C30H40N6O2/c1-19-18-36(25-14-9-8-13-23(19)25)27-17-24(32-21(3)33-27)26-15-10-16-35(26)30(38)28(22-11-6-5-7-12-22)34-29(37)20(2)31-4/h8-9,13-14,17-18,20,22,26,28,31H,5-7,10-12,15-16H2,1-4H3,(H,34,37)/t20?,26?,28-/m0/s1. The van der Waals surface area contributed by atoms with E-state index in [0.717, 1.165) is 55.6 Å². The Kier molecular flexibility index (Phi) is 7.79. The van der Waals surface area contributed by atoms with Crippen molar-refractivity contribution in [1.29, 1.82) is 0 Å². The molecule has 0 bridgehead atoms. The molecular formula is C30H40N6O2. The zero-order valence-corrected chi connectivity index (χ0v) is 23.0. The molecule has 2 fully saturated rings. The molecule has 1 aliphatic heterocycles. The van der Waals surface area contributed by atoms with Gasteiger partial charge in [-0.05, 0) is 71.0 Å². The Morgan fingerprint density at radius 3 is 2.55 bits per heavy atom. The molecule has 38 heavy (non-hydrogen) atoms. The van der Waals surface area contributed by atoms with Crippen LogP contribution in [0.3, 0.4) is 0 Å². The van der Waals surface area contributed by atoms with Gasteiger partial charge in [0.2, 0.25) is 11.8 Å². The molecule has 1 aromatic carbocycles. The minimum absolute atomic E-state index is 0.0242. The summed E-state index contributed by atoms with van der Waals surface area (Å²) < 4.78 is 2.12. The van der Waals surface area contributed by atoms with Gasteiger partial charge < -0.3 is 20.1 Å². The predicted octanol–water partition coefficient (Wildman–Crippen LogP) is 4.37. The first-order valence-electron chi connectivity index (χ1n) is 14.1. The summed E-state index contributed by atoms with van der Waals surface area (Å²) in [6.07, 6.45) is 9.23. The van der Waals surface area contributed by atoms with Crippen molar-refractivity contribution < 1.29 is 9.59 Å². The maximum atomic E-state index is 14.1. The Bertz CT molecular complexity index is 1310. The van der Waals surface area contributed by atoms with Gasteiger partial charge in [-0.25, -0.2) is 9.97 Å². The van der Waals surface area contributed by atoms with Crippen molar-refractivity contribution in [3.63, 3.8) is 0 Å². The number of rotatable bonds is 7. The minimum atomic E-state index is -0.502. The summed E-state index contributed by atoms with van der Waals surface area (Å²) in [6, 6.07) is 9.38. The smallest absolute Gasteiger partial charge is 0.246 e. The van der Waals surface area contributed by atoms with Crippen molar-refractivity contribution in [2.75, 3.05) is 13.6 Å². The molecule has 2 aliphatic rings. The van der Waals surface area contributed by atoms with E-state index in [4.69, 9.17) is 9.97 Å². The Morgan fingerprint density at radius 1 is 1.03 bits per heavy atom. The van der Waals surface area contributed by atoms with Gasteiger partial charge in [0.1, 0.15) is 17.7 Å². The fourth-order valence-electron chi connectivity index (χ4n) is 6.18. The Labute approximate surface area is 225 Å². The summed E-state index contributed by atoms with van der Waals surface area (Å²) in [7, 11) is 1.77. The molecule has 2 aromatic heterocycles. The lowest BCUT2D eigenvalue weighted by molar-refractivity contribution is -0.139. The number of fused-ring (bicyclic) bond motifs is 1. The van der Waals surface area contributed by atoms with Crippen LogP contribution in [0.1, 0.15) is 75.0 Å². The van der Waals surface area contributed by atoms with Gasteiger partial charge in [-0.3, -0.25) is 9.59 Å². The average molecular weight is 517 g/mol. The first-order valence-corrected chi connectivity index (χ1v) is 14.1. The zero-order valence-electron chi connectivity index (χ0n) is 23.0. The second kappa shape index (κ2) is 11.2. The Balaban J connectivity index is 1.46. The van der Waals surface area contributed by atoms with Gasteiger partial charge in [0.25, 0.3) is 0 Å². The van der Waals surface area contributed by atoms with Crippen LogP contribution in [-0.4, -0.2) is 56.9 Å². The number of para-hydroxylation sites is 1. The number of amides is 2. The van der Waals surface area contributed by atoms with Gasteiger partial charge in [0.05, 0.1) is 23.3 Å². The number of aromatic nitrogens is 3. The van der Waals surface area contributed by atoms with E-state index in [9.17, 15) is 9.59 Å². The monoisotopic (exact) mass is 516 g/mol. The largest absolute Gasteiger partial charge is 0.343 e. The highest BCUT2D eigenvalue weighted by atomic mass is 16.2. The fourth-order valence-corrected chi connectivity index (χ4v) is 6.18. The summed E-state index contributed by atoms with van der Waals surface area (Å²) in [5.74, 6) is 1.57. The number of likely N-dealkylation sites (tertiary alicyclic amines) is 1. The number of hydrogen-bond donors (Lipinski definition) is 2. The number of likely N-dealkylation sites (N-methyl/N-ethyl adjacent to an activating group) is 1. The van der Waals surface area contributed by atoms with E-state index < -0.39 is 6.04 Å². The van der Waals surface area contributed by atoms with Gasteiger partial charge in [-0.15, -0.1) is 0 Å². The van der Waals surface area contributed by atoms with E-state index in [-0.39, 0.29) is 29.8 Å². The molecule has 202 valence electrons. The molecular weight excluding hydrogens is 476 g/mol. The summed E-state index contributed by atoms with van der Waals surface area (Å²) in [4.78, 5) is 38.6. The van der Waals surface area contributed by atoms with Gasteiger partial charge in [-0.2, -0.15) is 0 Å². The van der Waals surface area contributed by atoms with Crippen molar-refractivity contribution in [2.45, 2.75) is 83.8 Å². The molecule has 3 aromatic rings. The van der Waals surface area contributed by atoms with Crippen LogP contribution in [0.2, 0.25) is 0 Å². The lowest BCUT2D eigenvalue weighted by Crippen LogP contribution is -2.55. The van der Waals surface area contributed by atoms with Crippen molar-refractivity contribution in [2.24, 2.45) is 5.92 Å². The summed E-state index contributed by atoms with van der Waals surface area (Å²) in [5, 5.41) is 7.33. The summed E-state index contributed by atoms with van der Waals surface area (Å²) in [6.45, 7) is 6.53. The fraction of sp³-hybridized carbons (Fsp3) is 0.533. The van der Waals surface area contributed by atoms with Crippen LogP contribution < -0.4 is 10.6 Å². The predicted molar refractivity (Wildman–Crippen MR) is 149 cm³/mol. The first-order chi connectivity index (χ1) is 18.4. The second-order valence-corrected chi connectivity index (χ2v) is 11.0. The number of nitrogens with zero attached hydrogens (tertiary/aromatic N) is 4. The lowest BCUT2D eigenvalue weighted by atomic mass is 9.83. The van der Waals surface area contributed by atoms with E-state index >= 15 is 0 Å². The van der Waals surface area contributed by atoms with E-state index in [2.05, 4.69) is 46.5 Å². The summed E-state index contributed by atoms with van der Waals surface area (Å²) in [5.41, 5.74) is 3.16. The molecule has 2 N–H and O–H groups in total. The molecule has 5 rings (SSSR count). The van der Waals surface area contributed by atoms with Crippen LogP contribution >= 0.6 is 0 Å². The molecule has 2 unspecified atom stereocenters. The summed E-state index contributed by atoms with van der Waals surface area (Å²) >= 11 is 0. The number of nitrogens with one attached hydrogen (secondary N) is 2. The Morgan fingerprint density at radius 2 is 1.79 bits per heavy atom. The highest BCUT2D eigenvalue weighted by molar-refractivity contribution is 5.90. The normalized spacial score (nSPS) is 20.0. The number of aryl methyl sites for hydroxylation is 2. The minimum Gasteiger partial charge on any atom is -0.343 e. The van der Waals surface area contributed by atoms with E-state index in [1.54, 1.807) is 7.05 Å². The van der Waals surface area contributed by atoms with Gasteiger partial charge in [-0.1, -0.05) is 37.5 Å². The molecule has 0 radical (unpaired) electrons. The highest BCUT2D eigenvalue weighted by Crippen LogP contribution is 2.35. The Hall–Kier alpha value is -3.26. The molecule has 1 aliphatic carbocycles. The van der Waals surface area contributed by atoms with Gasteiger partial charge in [0.15, 0.2) is 0 Å². The van der Waals surface area contributed by atoms with Gasteiger partial charge in [0, 0.05) is 24.2 Å². The lowest BCUT2D eigenvalue weighted by Gasteiger charge is -2.35.